The summed E-state index contributed by atoms with van der Waals surface area (Å²) in [5.74, 6) is -0.615. The van der Waals surface area contributed by atoms with Crippen molar-refractivity contribution >= 4 is 16.7 Å². The number of fused-ring (bicyclic) bond motifs is 1. The molecule has 0 heterocycles. The summed E-state index contributed by atoms with van der Waals surface area (Å²) in [6.45, 7) is 0. The van der Waals surface area contributed by atoms with Crippen LogP contribution in [0.4, 0.5) is 0 Å². The van der Waals surface area contributed by atoms with Crippen LogP contribution >= 0.6 is 0 Å². The average molecular weight is 225 g/mol. The van der Waals surface area contributed by atoms with Crippen molar-refractivity contribution in [1.82, 2.24) is 0 Å². The maximum Gasteiger partial charge on any atom is 1.00 e. The standard InChI is InChI=1S/C11H9NO2.K/c13-11(12-14)10-6-5-8-3-1-2-4-9(8)7-10;/h1-7,14H,(H,12,13);/q;+1/p-1. The molecule has 0 unspecified atom stereocenters. The van der Waals surface area contributed by atoms with Gasteiger partial charge < -0.3 is 10.3 Å². The predicted molar refractivity (Wildman–Crippen MR) is 52.3 cm³/mol. The minimum atomic E-state index is -0.615. The SMILES string of the molecule is [K+].[O-]C(=NO)c1ccc2ccccc2c1. The molecule has 70 valence electrons. The van der Waals surface area contributed by atoms with Crippen molar-refractivity contribution in [3.05, 3.63) is 48.0 Å². The summed E-state index contributed by atoms with van der Waals surface area (Å²) in [5.41, 5.74) is 0.395. The molecule has 0 saturated heterocycles. The van der Waals surface area contributed by atoms with E-state index in [0.29, 0.717) is 5.56 Å². The molecule has 0 saturated carbocycles. The van der Waals surface area contributed by atoms with Gasteiger partial charge in [0.25, 0.3) is 0 Å². The summed E-state index contributed by atoms with van der Waals surface area (Å²) in [6.07, 6.45) is 0. The Hall–Kier alpha value is -0.394. The second-order valence-electron chi connectivity index (χ2n) is 2.97. The third-order valence-corrected chi connectivity index (χ3v) is 2.09. The van der Waals surface area contributed by atoms with Gasteiger partial charge in [0, 0.05) is 5.90 Å². The minimum absolute atomic E-state index is 0. The Morgan fingerprint density at radius 2 is 1.73 bits per heavy atom. The molecule has 0 fully saturated rings. The molecule has 0 amide bonds. The van der Waals surface area contributed by atoms with Crippen molar-refractivity contribution in [1.29, 1.82) is 0 Å². The maximum atomic E-state index is 11.0. The summed E-state index contributed by atoms with van der Waals surface area (Å²) in [5, 5.41) is 24.0. The van der Waals surface area contributed by atoms with Crippen LogP contribution in [0.1, 0.15) is 5.56 Å². The van der Waals surface area contributed by atoms with Gasteiger partial charge in [0.15, 0.2) is 0 Å². The normalized spacial score (nSPS) is 11.1. The molecule has 4 heteroatoms. The first-order valence-electron chi connectivity index (χ1n) is 4.19. The van der Waals surface area contributed by atoms with Crippen molar-refractivity contribution in [3.8, 4) is 0 Å². The van der Waals surface area contributed by atoms with Crippen LogP contribution in [0.15, 0.2) is 47.6 Å². The van der Waals surface area contributed by atoms with Gasteiger partial charge in [-0.1, -0.05) is 36.4 Å². The van der Waals surface area contributed by atoms with Gasteiger partial charge >= 0.3 is 51.4 Å². The molecule has 3 nitrogen and oxygen atoms in total. The number of hydrogen-bond donors (Lipinski definition) is 1. The van der Waals surface area contributed by atoms with E-state index in [9.17, 15) is 5.11 Å². The predicted octanol–water partition coefficient (Wildman–Crippen LogP) is -1.66. The quantitative estimate of drug-likeness (QED) is 0.208. The van der Waals surface area contributed by atoms with Crippen molar-refractivity contribution in [2.75, 3.05) is 0 Å². The molecule has 0 atom stereocenters. The van der Waals surface area contributed by atoms with Gasteiger partial charge in [-0.05, 0) is 22.4 Å². The third kappa shape index (κ3) is 2.80. The zero-order valence-corrected chi connectivity index (χ0v) is 11.5. The monoisotopic (exact) mass is 225 g/mol. The fraction of sp³-hybridized carbons (Fsp3) is 0. The molecule has 2 rings (SSSR count). The Balaban J connectivity index is 0.00000112. The summed E-state index contributed by atoms with van der Waals surface area (Å²) in [4.78, 5) is 0. The fourth-order valence-corrected chi connectivity index (χ4v) is 1.38. The van der Waals surface area contributed by atoms with Gasteiger partial charge in [0.1, 0.15) is 0 Å². The van der Waals surface area contributed by atoms with E-state index in [1.54, 1.807) is 12.1 Å². The van der Waals surface area contributed by atoms with E-state index in [0.717, 1.165) is 10.8 Å². The Morgan fingerprint density at radius 3 is 2.40 bits per heavy atom. The fourth-order valence-electron chi connectivity index (χ4n) is 1.38. The Kier molecular flexibility index (Phi) is 4.75. The minimum Gasteiger partial charge on any atom is -0.856 e. The maximum absolute atomic E-state index is 11.0. The zero-order chi connectivity index (χ0) is 9.97. The van der Waals surface area contributed by atoms with Crippen LogP contribution in [-0.2, 0) is 0 Å². The zero-order valence-electron chi connectivity index (χ0n) is 8.34. The number of nitrogens with zero attached hydrogens (tertiary/aromatic N) is 1. The molecule has 0 aromatic heterocycles. The van der Waals surface area contributed by atoms with Gasteiger partial charge in [-0.15, -0.1) is 5.16 Å². The Labute approximate surface area is 130 Å². The van der Waals surface area contributed by atoms with E-state index in [1.165, 1.54) is 0 Å². The average Bonchev–Trinajstić information content (AvgIpc) is 2.27. The van der Waals surface area contributed by atoms with Crippen LogP contribution in [0.2, 0.25) is 0 Å². The second kappa shape index (κ2) is 5.63. The largest absolute Gasteiger partial charge is 1.00 e. The van der Waals surface area contributed by atoms with E-state index in [-0.39, 0.29) is 51.4 Å². The van der Waals surface area contributed by atoms with E-state index >= 15 is 0 Å². The molecule has 2 aromatic carbocycles. The molecule has 0 aliphatic heterocycles. The molecule has 1 N–H and O–H groups in total. The number of oxime groups is 1. The van der Waals surface area contributed by atoms with Crippen LogP contribution in [0.5, 0.6) is 0 Å². The van der Waals surface area contributed by atoms with E-state index in [2.05, 4.69) is 5.16 Å². The van der Waals surface area contributed by atoms with Crippen molar-refractivity contribution in [2.24, 2.45) is 5.16 Å². The van der Waals surface area contributed by atoms with Crippen molar-refractivity contribution in [2.45, 2.75) is 0 Å². The number of rotatable bonds is 1. The first-order valence-corrected chi connectivity index (χ1v) is 4.19. The van der Waals surface area contributed by atoms with Crippen molar-refractivity contribution < 1.29 is 61.7 Å². The van der Waals surface area contributed by atoms with Crippen LogP contribution in [0.25, 0.3) is 10.8 Å². The molecule has 15 heavy (non-hydrogen) atoms. The van der Waals surface area contributed by atoms with Gasteiger partial charge in [-0.25, -0.2) is 0 Å². The van der Waals surface area contributed by atoms with Crippen LogP contribution in [0, 0.1) is 0 Å². The van der Waals surface area contributed by atoms with Gasteiger partial charge in [-0.2, -0.15) is 0 Å². The molecule has 0 aliphatic rings. The smallest absolute Gasteiger partial charge is 0.856 e. The molecule has 0 radical (unpaired) electrons. The molecular formula is C11H8KNO2. The van der Waals surface area contributed by atoms with Crippen molar-refractivity contribution in [3.63, 3.8) is 0 Å². The summed E-state index contributed by atoms with van der Waals surface area (Å²) in [7, 11) is 0. The third-order valence-electron chi connectivity index (χ3n) is 2.09. The summed E-state index contributed by atoms with van der Waals surface area (Å²) >= 11 is 0. The Morgan fingerprint density at radius 1 is 1.07 bits per heavy atom. The summed E-state index contributed by atoms with van der Waals surface area (Å²) < 4.78 is 0. The first kappa shape index (κ1) is 12.7. The van der Waals surface area contributed by atoms with Crippen LogP contribution < -0.4 is 56.5 Å². The second-order valence-corrected chi connectivity index (χ2v) is 2.97. The van der Waals surface area contributed by atoms with Crippen LogP contribution in [-0.4, -0.2) is 11.1 Å². The molecule has 0 aliphatic carbocycles. The molecule has 0 spiro atoms. The molecular weight excluding hydrogens is 217 g/mol. The van der Waals surface area contributed by atoms with Gasteiger partial charge in [0.05, 0.1) is 0 Å². The van der Waals surface area contributed by atoms with Crippen LogP contribution in [0.3, 0.4) is 0 Å². The van der Waals surface area contributed by atoms with E-state index < -0.39 is 5.90 Å². The molecule has 2 aromatic rings. The van der Waals surface area contributed by atoms with Gasteiger partial charge in [-0.3, -0.25) is 0 Å². The summed E-state index contributed by atoms with van der Waals surface area (Å²) in [6, 6.07) is 12.9. The Bertz CT molecular complexity index is 497. The number of benzene rings is 2. The van der Waals surface area contributed by atoms with Gasteiger partial charge in [0.2, 0.25) is 0 Å². The first-order chi connectivity index (χ1) is 6.81. The van der Waals surface area contributed by atoms with E-state index in [4.69, 9.17) is 5.21 Å². The topological polar surface area (TPSA) is 55.7 Å². The molecule has 0 bridgehead atoms. The number of hydrogen-bond acceptors (Lipinski definition) is 3. The van der Waals surface area contributed by atoms with E-state index in [1.807, 2.05) is 30.3 Å².